The molecule has 1 atom stereocenters. The monoisotopic (exact) mass is 627 g/mol. The van der Waals surface area contributed by atoms with E-state index >= 15 is 0 Å². The number of benzene rings is 1. The molecule has 2 aromatic rings. The number of nitrogens with one attached hydrogen (secondary N) is 2. The minimum Gasteiger partial charge on any atom is -0.494 e. The molecule has 0 aliphatic heterocycles. The molecule has 45 heavy (non-hydrogen) atoms. The molecular weight excluding hydrogens is 559 g/mol. The lowest BCUT2D eigenvalue weighted by atomic mass is 10.00. The Morgan fingerprint density at radius 2 is 1.62 bits per heavy atom. The van der Waals surface area contributed by atoms with Gasteiger partial charge in [-0.3, -0.25) is 4.98 Å². The van der Waals surface area contributed by atoms with Gasteiger partial charge in [0.15, 0.2) is 11.6 Å². The van der Waals surface area contributed by atoms with Gasteiger partial charge in [-0.15, -0.1) is 0 Å². The number of unbranched alkanes of at least 4 members (excludes halogenated alkanes) is 3. The molecule has 5 nitrogen and oxygen atoms in total. The molecule has 1 unspecified atom stereocenters. The predicted octanol–water partition coefficient (Wildman–Crippen LogP) is 11.8. The molecule has 0 aliphatic rings. The molecule has 0 radical (unpaired) electrons. The first-order valence-electron chi connectivity index (χ1n) is 17.2. The molecule has 6 heteroatoms. The quantitative estimate of drug-likeness (QED) is 0.111. The lowest BCUT2D eigenvalue weighted by Gasteiger charge is -2.14. The molecule has 0 aliphatic carbocycles. The summed E-state index contributed by atoms with van der Waals surface area (Å²) < 4.78 is 18.3. The van der Waals surface area contributed by atoms with Crippen LogP contribution in [0.15, 0.2) is 48.2 Å². The summed E-state index contributed by atoms with van der Waals surface area (Å²) in [5.74, 6) is 0.695. The fourth-order valence-corrected chi connectivity index (χ4v) is 4.63. The standard InChI is InChI=1S/C12H11FN2O.C9H15N.C9H21N.C9H20/c1-7(14)8-3-4-15-11-6-10(13)12(16-2)5-9(8)11;1-4-6-8(3)7-9(10)5-2;1-4-6-7-9-10(3)8-5-2;1-4-6-8-9(3)7-5-2/h3-6,14H,1-2H3;4,6-7,10H,5H2,1-3H3;4-9H2,1-3H3;9H,4-8H2,1-3H3/b;6-4-,8-7-,10-9?;;. The third-order valence-electron chi connectivity index (χ3n) is 7.21. The zero-order chi connectivity index (χ0) is 34.6. The van der Waals surface area contributed by atoms with Gasteiger partial charge in [-0.1, -0.05) is 98.6 Å². The maximum Gasteiger partial charge on any atom is 0.167 e. The van der Waals surface area contributed by atoms with E-state index < -0.39 is 5.82 Å². The van der Waals surface area contributed by atoms with Crippen molar-refractivity contribution in [2.24, 2.45) is 5.92 Å². The highest BCUT2D eigenvalue weighted by Crippen LogP contribution is 2.26. The van der Waals surface area contributed by atoms with E-state index in [1.807, 2.05) is 39.0 Å². The van der Waals surface area contributed by atoms with E-state index in [-0.39, 0.29) is 5.75 Å². The van der Waals surface area contributed by atoms with Gasteiger partial charge in [0.05, 0.1) is 12.6 Å². The first kappa shape index (κ1) is 44.3. The third kappa shape index (κ3) is 22.3. The lowest BCUT2D eigenvalue weighted by molar-refractivity contribution is 0.326. The van der Waals surface area contributed by atoms with E-state index in [1.54, 1.807) is 25.3 Å². The Balaban J connectivity index is 0. The Labute approximate surface area is 276 Å². The van der Waals surface area contributed by atoms with Crippen molar-refractivity contribution >= 4 is 22.3 Å². The number of pyridine rings is 1. The van der Waals surface area contributed by atoms with Gasteiger partial charge >= 0.3 is 0 Å². The van der Waals surface area contributed by atoms with Gasteiger partial charge in [-0.2, -0.15) is 0 Å². The Morgan fingerprint density at radius 3 is 2.13 bits per heavy atom. The van der Waals surface area contributed by atoms with Gasteiger partial charge in [0.25, 0.3) is 0 Å². The number of methoxy groups -OCH3 is 1. The summed E-state index contributed by atoms with van der Waals surface area (Å²) in [6.45, 7) is 21.6. The fraction of sp³-hybridized carbons (Fsp3) is 0.615. The molecular formula is C39H67FN4O. The van der Waals surface area contributed by atoms with Crippen molar-refractivity contribution in [1.82, 2.24) is 9.88 Å². The third-order valence-corrected chi connectivity index (χ3v) is 7.21. The number of hydrogen-bond donors (Lipinski definition) is 2. The average molecular weight is 627 g/mol. The van der Waals surface area contributed by atoms with Gasteiger partial charge in [-0.05, 0) is 89.9 Å². The molecule has 0 bridgehead atoms. The van der Waals surface area contributed by atoms with Crippen molar-refractivity contribution < 1.29 is 9.13 Å². The number of rotatable bonds is 16. The number of hydrogen-bond acceptors (Lipinski definition) is 5. The van der Waals surface area contributed by atoms with E-state index in [0.717, 1.165) is 28.9 Å². The summed E-state index contributed by atoms with van der Waals surface area (Å²) in [7, 11) is 3.62. The van der Waals surface area contributed by atoms with Crippen molar-refractivity contribution in [3.05, 3.63) is 59.6 Å². The van der Waals surface area contributed by atoms with Gasteiger partial charge in [-0.25, -0.2) is 4.39 Å². The highest BCUT2D eigenvalue weighted by molar-refractivity contribution is 6.07. The fourth-order valence-electron chi connectivity index (χ4n) is 4.63. The van der Waals surface area contributed by atoms with E-state index in [1.165, 1.54) is 84.1 Å². The van der Waals surface area contributed by atoms with Crippen LogP contribution in [0.4, 0.5) is 4.39 Å². The van der Waals surface area contributed by atoms with Crippen LogP contribution < -0.4 is 4.74 Å². The van der Waals surface area contributed by atoms with Crippen LogP contribution in [0.2, 0.25) is 0 Å². The summed E-state index contributed by atoms with van der Waals surface area (Å²) in [6, 6.07) is 4.63. The number of aromatic nitrogens is 1. The van der Waals surface area contributed by atoms with Crippen molar-refractivity contribution in [3.8, 4) is 5.75 Å². The number of fused-ring (bicyclic) bond motifs is 1. The largest absolute Gasteiger partial charge is 0.494 e. The van der Waals surface area contributed by atoms with E-state index in [9.17, 15) is 4.39 Å². The van der Waals surface area contributed by atoms with Crippen LogP contribution in [0.1, 0.15) is 132 Å². The van der Waals surface area contributed by atoms with Gasteiger partial charge in [0, 0.05) is 34.6 Å². The minimum absolute atomic E-state index is 0.169. The zero-order valence-electron chi connectivity index (χ0n) is 30.8. The first-order chi connectivity index (χ1) is 21.4. The molecule has 0 saturated heterocycles. The molecule has 256 valence electrons. The summed E-state index contributed by atoms with van der Waals surface area (Å²) >= 11 is 0. The van der Waals surface area contributed by atoms with Crippen LogP contribution in [0.25, 0.3) is 10.9 Å². The highest BCUT2D eigenvalue weighted by atomic mass is 19.1. The van der Waals surface area contributed by atoms with Crippen LogP contribution in [0, 0.1) is 22.6 Å². The topological polar surface area (TPSA) is 73.1 Å². The van der Waals surface area contributed by atoms with E-state index in [2.05, 4.69) is 51.6 Å². The number of ether oxygens (including phenoxy) is 1. The summed E-state index contributed by atoms with van der Waals surface area (Å²) in [5.41, 5.74) is 3.52. The summed E-state index contributed by atoms with van der Waals surface area (Å²) in [5, 5.41) is 15.7. The normalized spacial score (nSPS) is 11.6. The maximum absolute atomic E-state index is 13.4. The Morgan fingerprint density at radius 1 is 0.956 bits per heavy atom. The second kappa shape index (κ2) is 28.6. The molecule has 0 saturated carbocycles. The van der Waals surface area contributed by atoms with Crippen LogP contribution >= 0.6 is 0 Å². The molecule has 0 spiro atoms. The van der Waals surface area contributed by atoms with Gasteiger partial charge in [0.2, 0.25) is 0 Å². The molecule has 1 heterocycles. The molecule has 2 N–H and O–H groups in total. The van der Waals surface area contributed by atoms with E-state index in [4.69, 9.17) is 15.6 Å². The van der Waals surface area contributed by atoms with Crippen molar-refractivity contribution in [2.45, 2.75) is 127 Å². The molecule has 1 aromatic carbocycles. The first-order valence-corrected chi connectivity index (χ1v) is 17.2. The van der Waals surface area contributed by atoms with Crippen molar-refractivity contribution in [3.63, 3.8) is 0 Å². The van der Waals surface area contributed by atoms with Gasteiger partial charge < -0.3 is 20.5 Å². The van der Waals surface area contributed by atoms with Crippen molar-refractivity contribution in [1.29, 1.82) is 10.8 Å². The lowest BCUT2D eigenvalue weighted by Crippen LogP contribution is -2.20. The molecule has 2 rings (SSSR count). The SMILES string of the molecule is C/C=C\C(C)=C/C(=N)CC.CCCCC(C)CCC.CCCCCN(C)CCC.COc1cc2c(C(C)=N)ccnc2cc1F. The van der Waals surface area contributed by atoms with Crippen LogP contribution in [0.5, 0.6) is 5.75 Å². The highest BCUT2D eigenvalue weighted by Gasteiger charge is 2.09. The summed E-state index contributed by atoms with van der Waals surface area (Å²) in [6.07, 6.45) is 20.6. The average Bonchev–Trinajstić information content (AvgIpc) is 3.00. The minimum atomic E-state index is -0.442. The number of allylic oxidation sites excluding steroid dienone is 4. The zero-order valence-corrected chi connectivity index (χ0v) is 30.8. The predicted molar refractivity (Wildman–Crippen MR) is 198 cm³/mol. The Bertz CT molecular complexity index is 1130. The van der Waals surface area contributed by atoms with Crippen LogP contribution in [-0.4, -0.2) is 48.6 Å². The number of nitrogens with zero attached hydrogens (tertiary/aromatic N) is 2. The molecule has 1 aromatic heterocycles. The van der Waals surface area contributed by atoms with Crippen LogP contribution in [-0.2, 0) is 0 Å². The van der Waals surface area contributed by atoms with Crippen LogP contribution in [0.3, 0.4) is 0 Å². The second-order valence-corrected chi connectivity index (χ2v) is 11.8. The summed E-state index contributed by atoms with van der Waals surface area (Å²) in [4.78, 5) is 6.48. The Hall–Kier alpha value is -2.86. The van der Waals surface area contributed by atoms with E-state index in [0.29, 0.717) is 16.9 Å². The second-order valence-electron chi connectivity index (χ2n) is 11.8. The molecule has 0 amide bonds. The number of halogens is 1. The molecule has 0 fully saturated rings. The van der Waals surface area contributed by atoms with Gasteiger partial charge in [0.1, 0.15) is 0 Å². The maximum atomic E-state index is 13.4. The smallest absolute Gasteiger partial charge is 0.167 e. The van der Waals surface area contributed by atoms with Crippen molar-refractivity contribution in [2.75, 3.05) is 27.2 Å². The Kier molecular flexibility index (Phi) is 28.1.